The summed E-state index contributed by atoms with van der Waals surface area (Å²) in [6, 6.07) is 14.0. The highest BCUT2D eigenvalue weighted by atomic mass is 19.1. The molecular weight excluding hydrogens is 399 g/mol. The number of fused-ring (bicyclic) bond motifs is 1. The van der Waals surface area contributed by atoms with Crippen LogP contribution in [0.1, 0.15) is 12.8 Å². The van der Waals surface area contributed by atoms with Gasteiger partial charge in [0.1, 0.15) is 11.6 Å². The van der Waals surface area contributed by atoms with Crippen LogP contribution >= 0.6 is 0 Å². The van der Waals surface area contributed by atoms with Crippen molar-refractivity contribution >= 4 is 23.2 Å². The number of carbonyl (C=O) groups is 2. The van der Waals surface area contributed by atoms with Crippen molar-refractivity contribution in [3.63, 3.8) is 0 Å². The number of piperazine rings is 1. The van der Waals surface area contributed by atoms with Crippen molar-refractivity contribution in [1.82, 2.24) is 10.2 Å². The van der Waals surface area contributed by atoms with E-state index < -0.39 is 6.10 Å². The lowest BCUT2D eigenvalue weighted by molar-refractivity contribution is -0.130. The SMILES string of the molecule is O=C(C[C@H]1Oc2ccccc2NC1=O)NCCCN1CCN(c2ccccc2F)CC1. The Labute approximate surface area is 181 Å². The molecule has 0 unspecified atom stereocenters. The average molecular weight is 426 g/mol. The highest BCUT2D eigenvalue weighted by Crippen LogP contribution is 2.29. The largest absolute Gasteiger partial charge is 0.478 e. The first-order valence-corrected chi connectivity index (χ1v) is 10.7. The van der Waals surface area contributed by atoms with Crippen LogP contribution in [0.25, 0.3) is 0 Å². The first kappa shape index (κ1) is 21.1. The summed E-state index contributed by atoms with van der Waals surface area (Å²) < 4.78 is 19.6. The van der Waals surface area contributed by atoms with E-state index in [9.17, 15) is 14.0 Å². The molecule has 0 aliphatic carbocycles. The van der Waals surface area contributed by atoms with E-state index in [4.69, 9.17) is 4.74 Å². The molecule has 1 atom stereocenters. The summed E-state index contributed by atoms with van der Waals surface area (Å²) in [4.78, 5) is 28.7. The first-order chi connectivity index (χ1) is 15.1. The lowest BCUT2D eigenvalue weighted by Gasteiger charge is -2.36. The molecule has 2 N–H and O–H groups in total. The lowest BCUT2D eigenvalue weighted by Crippen LogP contribution is -2.47. The van der Waals surface area contributed by atoms with E-state index in [-0.39, 0.29) is 24.1 Å². The fourth-order valence-electron chi connectivity index (χ4n) is 3.92. The predicted molar refractivity (Wildman–Crippen MR) is 117 cm³/mol. The number of benzene rings is 2. The number of rotatable bonds is 7. The maximum atomic E-state index is 13.9. The summed E-state index contributed by atoms with van der Waals surface area (Å²) in [5, 5.41) is 5.64. The molecule has 4 rings (SSSR count). The predicted octanol–water partition coefficient (Wildman–Crippen LogP) is 2.24. The van der Waals surface area contributed by atoms with Gasteiger partial charge in [-0.3, -0.25) is 14.5 Å². The van der Waals surface area contributed by atoms with Crippen LogP contribution in [-0.2, 0) is 9.59 Å². The van der Waals surface area contributed by atoms with Gasteiger partial charge in [-0.2, -0.15) is 0 Å². The molecule has 0 saturated carbocycles. The number of halogens is 1. The molecule has 0 aromatic heterocycles. The number of nitrogens with one attached hydrogen (secondary N) is 2. The number of nitrogens with zero attached hydrogens (tertiary/aromatic N) is 2. The van der Waals surface area contributed by atoms with Gasteiger partial charge in [-0.05, 0) is 37.2 Å². The Morgan fingerprint density at radius 2 is 1.84 bits per heavy atom. The fraction of sp³-hybridized carbons (Fsp3) is 0.391. The third-order valence-electron chi connectivity index (χ3n) is 5.62. The number of amides is 2. The molecule has 1 saturated heterocycles. The second kappa shape index (κ2) is 9.78. The summed E-state index contributed by atoms with van der Waals surface area (Å²) in [5.41, 5.74) is 1.28. The Hall–Kier alpha value is -3.13. The van der Waals surface area contributed by atoms with Gasteiger partial charge in [0.25, 0.3) is 5.91 Å². The molecule has 0 spiro atoms. The molecule has 7 nitrogen and oxygen atoms in total. The topological polar surface area (TPSA) is 73.9 Å². The minimum Gasteiger partial charge on any atom is -0.478 e. The molecule has 31 heavy (non-hydrogen) atoms. The summed E-state index contributed by atoms with van der Waals surface area (Å²) in [6.45, 7) is 4.68. The Morgan fingerprint density at radius 3 is 2.65 bits per heavy atom. The highest BCUT2D eigenvalue weighted by Gasteiger charge is 2.29. The van der Waals surface area contributed by atoms with Crippen molar-refractivity contribution in [2.24, 2.45) is 0 Å². The van der Waals surface area contributed by atoms with Crippen LogP contribution in [-0.4, -0.2) is 62.1 Å². The normalized spacial score (nSPS) is 18.7. The van der Waals surface area contributed by atoms with E-state index in [1.165, 1.54) is 6.07 Å². The zero-order chi connectivity index (χ0) is 21.6. The van der Waals surface area contributed by atoms with Gasteiger partial charge in [-0.1, -0.05) is 24.3 Å². The van der Waals surface area contributed by atoms with E-state index >= 15 is 0 Å². The number of hydrogen-bond donors (Lipinski definition) is 2. The standard InChI is InChI=1S/C23H27FN4O3/c24-17-6-1-3-8-19(17)28-14-12-27(13-15-28)11-5-10-25-22(29)16-21-23(30)26-18-7-2-4-9-20(18)31-21/h1-4,6-9,21H,5,10-16H2,(H,25,29)(H,26,30)/t21-/m1/s1. The molecule has 164 valence electrons. The number of carbonyl (C=O) groups excluding carboxylic acids is 2. The van der Waals surface area contributed by atoms with Crippen molar-refractivity contribution in [3.05, 3.63) is 54.3 Å². The summed E-state index contributed by atoms with van der Waals surface area (Å²) >= 11 is 0. The summed E-state index contributed by atoms with van der Waals surface area (Å²) in [5.74, 6) is -0.113. The molecular formula is C23H27FN4O3. The van der Waals surface area contributed by atoms with Crippen LogP contribution in [0.5, 0.6) is 5.75 Å². The van der Waals surface area contributed by atoms with Gasteiger partial charge >= 0.3 is 0 Å². The number of para-hydroxylation sites is 3. The molecule has 2 aromatic rings. The molecule has 0 radical (unpaired) electrons. The van der Waals surface area contributed by atoms with Crippen LogP contribution in [0, 0.1) is 5.82 Å². The van der Waals surface area contributed by atoms with E-state index in [0.29, 0.717) is 23.7 Å². The molecule has 2 aliphatic heterocycles. The first-order valence-electron chi connectivity index (χ1n) is 10.7. The van der Waals surface area contributed by atoms with Gasteiger partial charge in [0.15, 0.2) is 6.10 Å². The van der Waals surface area contributed by atoms with Crippen molar-refractivity contribution in [1.29, 1.82) is 0 Å². The molecule has 0 bridgehead atoms. The average Bonchev–Trinajstić information content (AvgIpc) is 2.78. The quantitative estimate of drug-likeness (QED) is 0.665. The maximum absolute atomic E-state index is 13.9. The van der Waals surface area contributed by atoms with Crippen LogP contribution in [0.3, 0.4) is 0 Å². The van der Waals surface area contributed by atoms with Crippen molar-refractivity contribution in [2.75, 3.05) is 49.5 Å². The third-order valence-corrected chi connectivity index (χ3v) is 5.62. The van der Waals surface area contributed by atoms with E-state index in [1.807, 2.05) is 24.3 Å². The van der Waals surface area contributed by atoms with Crippen molar-refractivity contribution < 1.29 is 18.7 Å². The smallest absolute Gasteiger partial charge is 0.266 e. The fourth-order valence-corrected chi connectivity index (χ4v) is 3.92. The van der Waals surface area contributed by atoms with Crippen molar-refractivity contribution in [3.8, 4) is 5.75 Å². The van der Waals surface area contributed by atoms with Gasteiger partial charge in [-0.15, -0.1) is 0 Å². The second-order valence-electron chi connectivity index (χ2n) is 7.78. The molecule has 8 heteroatoms. The second-order valence-corrected chi connectivity index (χ2v) is 7.78. The molecule has 2 amide bonds. The monoisotopic (exact) mass is 426 g/mol. The van der Waals surface area contributed by atoms with Gasteiger partial charge in [-0.25, -0.2) is 4.39 Å². The number of ether oxygens (including phenoxy) is 1. The number of hydrogen-bond acceptors (Lipinski definition) is 5. The van der Waals surface area contributed by atoms with Crippen molar-refractivity contribution in [2.45, 2.75) is 18.9 Å². The Morgan fingerprint density at radius 1 is 1.10 bits per heavy atom. The lowest BCUT2D eigenvalue weighted by atomic mass is 10.1. The van der Waals surface area contributed by atoms with E-state index in [0.717, 1.165) is 39.1 Å². The summed E-state index contributed by atoms with van der Waals surface area (Å²) in [6.07, 6.45) is -0.0191. The van der Waals surface area contributed by atoms with E-state index in [1.54, 1.807) is 18.2 Å². The molecule has 2 heterocycles. The zero-order valence-electron chi connectivity index (χ0n) is 17.4. The van der Waals surface area contributed by atoms with Crippen LogP contribution in [0.15, 0.2) is 48.5 Å². The highest BCUT2D eigenvalue weighted by molar-refractivity contribution is 5.99. The van der Waals surface area contributed by atoms with Gasteiger partial charge in [0.05, 0.1) is 17.8 Å². The number of anilines is 2. The summed E-state index contributed by atoms with van der Waals surface area (Å²) in [7, 11) is 0. The van der Waals surface area contributed by atoms with Gasteiger partial charge < -0.3 is 20.3 Å². The van der Waals surface area contributed by atoms with Crippen LogP contribution in [0.4, 0.5) is 15.8 Å². The molecule has 1 fully saturated rings. The maximum Gasteiger partial charge on any atom is 0.266 e. The Kier molecular flexibility index (Phi) is 6.66. The molecule has 2 aliphatic rings. The Bertz CT molecular complexity index is 931. The zero-order valence-corrected chi connectivity index (χ0v) is 17.4. The third kappa shape index (κ3) is 5.32. The van der Waals surface area contributed by atoms with E-state index in [2.05, 4.69) is 20.4 Å². The van der Waals surface area contributed by atoms with Gasteiger partial charge in [0, 0.05) is 32.7 Å². The molecule has 2 aromatic carbocycles. The minimum atomic E-state index is -0.818. The minimum absolute atomic E-state index is 0.0124. The van der Waals surface area contributed by atoms with Crippen LogP contribution < -0.4 is 20.3 Å². The van der Waals surface area contributed by atoms with Crippen LogP contribution in [0.2, 0.25) is 0 Å². The Balaban J connectivity index is 1.14. The van der Waals surface area contributed by atoms with Gasteiger partial charge in [0.2, 0.25) is 5.91 Å².